The second-order valence-corrected chi connectivity index (χ2v) is 5.63. The van der Waals surface area contributed by atoms with Crippen LogP contribution in [0.2, 0.25) is 0 Å². The summed E-state index contributed by atoms with van der Waals surface area (Å²) in [6, 6.07) is 0.395. The van der Waals surface area contributed by atoms with Crippen LogP contribution in [-0.2, 0) is 9.53 Å². The summed E-state index contributed by atoms with van der Waals surface area (Å²) in [7, 11) is 0. The van der Waals surface area contributed by atoms with Gasteiger partial charge in [-0.2, -0.15) is 0 Å². The van der Waals surface area contributed by atoms with Crippen molar-refractivity contribution in [3.63, 3.8) is 0 Å². The van der Waals surface area contributed by atoms with E-state index in [2.05, 4.69) is 19.2 Å². The van der Waals surface area contributed by atoms with E-state index >= 15 is 0 Å². The van der Waals surface area contributed by atoms with Crippen molar-refractivity contribution < 1.29 is 14.6 Å². The van der Waals surface area contributed by atoms with Crippen LogP contribution in [0.4, 0.5) is 0 Å². The first-order chi connectivity index (χ1) is 9.04. The van der Waals surface area contributed by atoms with Crippen molar-refractivity contribution in [1.82, 2.24) is 10.2 Å². The Morgan fingerprint density at radius 1 is 1.32 bits per heavy atom. The van der Waals surface area contributed by atoms with Gasteiger partial charge in [0, 0.05) is 38.2 Å². The van der Waals surface area contributed by atoms with Gasteiger partial charge in [-0.1, -0.05) is 13.8 Å². The molecule has 1 rings (SSSR count). The molecule has 0 aliphatic carbocycles. The molecule has 2 unspecified atom stereocenters. The summed E-state index contributed by atoms with van der Waals surface area (Å²) < 4.78 is 5.25. The maximum atomic E-state index is 12.1. The molecule has 19 heavy (non-hydrogen) atoms. The Kier molecular flexibility index (Phi) is 7.34. The molecule has 2 N–H and O–H groups in total. The minimum Gasteiger partial charge on any atom is -0.396 e. The summed E-state index contributed by atoms with van der Waals surface area (Å²) in [4.78, 5) is 14.0. The molecule has 0 aromatic rings. The molecule has 0 radical (unpaired) electrons. The monoisotopic (exact) mass is 272 g/mol. The van der Waals surface area contributed by atoms with Gasteiger partial charge in [0.1, 0.15) is 0 Å². The second-order valence-electron chi connectivity index (χ2n) is 5.63. The topological polar surface area (TPSA) is 61.8 Å². The zero-order valence-electron chi connectivity index (χ0n) is 12.4. The number of nitrogens with one attached hydrogen (secondary N) is 1. The molecule has 1 saturated heterocycles. The van der Waals surface area contributed by atoms with Gasteiger partial charge in [0.05, 0.1) is 13.2 Å². The molecular weight excluding hydrogens is 244 g/mol. The molecule has 1 heterocycles. The minimum atomic E-state index is 0.134. The van der Waals surface area contributed by atoms with Crippen LogP contribution in [0.1, 0.15) is 33.6 Å². The third-order valence-electron chi connectivity index (χ3n) is 3.59. The Hall–Kier alpha value is -0.650. The molecule has 5 nitrogen and oxygen atoms in total. The van der Waals surface area contributed by atoms with Gasteiger partial charge in [-0.15, -0.1) is 0 Å². The van der Waals surface area contributed by atoms with Gasteiger partial charge in [-0.3, -0.25) is 4.79 Å². The first-order valence-corrected chi connectivity index (χ1v) is 7.27. The summed E-state index contributed by atoms with van der Waals surface area (Å²) >= 11 is 0. The van der Waals surface area contributed by atoms with E-state index in [1.807, 2.05) is 11.8 Å². The molecule has 5 heteroatoms. The normalized spacial score (nSPS) is 19.5. The SMILES string of the molecule is CC(CC(=O)N1CCOCC1)NC(CCO)C(C)C. The molecule has 0 spiro atoms. The zero-order valence-corrected chi connectivity index (χ0v) is 12.4. The summed E-state index contributed by atoms with van der Waals surface area (Å²) in [5.41, 5.74) is 0. The standard InChI is InChI=1S/C14H28N2O3/c1-11(2)13(4-7-17)15-12(3)10-14(18)16-5-8-19-9-6-16/h11-13,15,17H,4-10H2,1-3H3. The number of morpholine rings is 1. The fourth-order valence-corrected chi connectivity index (χ4v) is 2.38. The van der Waals surface area contributed by atoms with Crippen LogP contribution in [-0.4, -0.2) is 60.9 Å². The minimum absolute atomic E-state index is 0.134. The van der Waals surface area contributed by atoms with Gasteiger partial charge in [-0.25, -0.2) is 0 Å². The van der Waals surface area contributed by atoms with E-state index in [1.54, 1.807) is 0 Å². The van der Waals surface area contributed by atoms with Crippen LogP contribution in [0.5, 0.6) is 0 Å². The average Bonchev–Trinajstić information content (AvgIpc) is 2.39. The Balaban J connectivity index is 2.35. The van der Waals surface area contributed by atoms with E-state index in [1.165, 1.54) is 0 Å². The van der Waals surface area contributed by atoms with Crippen LogP contribution in [0.3, 0.4) is 0 Å². The van der Waals surface area contributed by atoms with Crippen molar-refractivity contribution in [2.45, 2.75) is 45.7 Å². The molecule has 0 bridgehead atoms. The quantitative estimate of drug-likeness (QED) is 0.713. The highest BCUT2D eigenvalue weighted by molar-refractivity contribution is 5.76. The van der Waals surface area contributed by atoms with Crippen LogP contribution in [0, 0.1) is 5.92 Å². The number of hydrogen-bond donors (Lipinski definition) is 2. The Morgan fingerprint density at radius 2 is 1.95 bits per heavy atom. The Labute approximate surface area is 116 Å². The van der Waals surface area contributed by atoms with Crippen molar-refractivity contribution in [2.24, 2.45) is 5.92 Å². The van der Waals surface area contributed by atoms with Crippen molar-refractivity contribution in [3.8, 4) is 0 Å². The lowest BCUT2D eigenvalue weighted by molar-refractivity contribution is -0.135. The number of amides is 1. The highest BCUT2D eigenvalue weighted by Crippen LogP contribution is 2.09. The van der Waals surface area contributed by atoms with E-state index < -0.39 is 0 Å². The lowest BCUT2D eigenvalue weighted by atomic mass is 10.00. The first-order valence-electron chi connectivity index (χ1n) is 7.27. The number of aliphatic hydroxyl groups is 1. The van der Waals surface area contributed by atoms with Crippen LogP contribution < -0.4 is 5.32 Å². The first kappa shape index (κ1) is 16.4. The molecule has 112 valence electrons. The highest BCUT2D eigenvalue weighted by Gasteiger charge is 2.21. The van der Waals surface area contributed by atoms with E-state index in [-0.39, 0.29) is 24.6 Å². The van der Waals surface area contributed by atoms with E-state index in [0.717, 1.165) is 6.42 Å². The summed E-state index contributed by atoms with van der Waals surface area (Å²) in [5, 5.41) is 12.5. The van der Waals surface area contributed by atoms with Crippen molar-refractivity contribution >= 4 is 5.91 Å². The molecule has 1 fully saturated rings. The van der Waals surface area contributed by atoms with Gasteiger partial charge in [0.15, 0.2) is 0 Å². The smallest absolute Gasteiger partial charge is 0.224 e. The van der Waals surface area contributed by atoms with E-state index in [0.29, 0.717) is 38.6 Å². The maximum Gasteiger partial charge on any atom is 0.224 e. The number of nitrogens with zero attached hydrogens (tertiary/aromatic N) is 1. The third kappa shape index (κ3) is 5.89. The lowest BCUT2D eigenvalue weighted by Crippen LogP contribution is -2.46. The van der Waals surface area contributed by atoms with Gasteiger partial charge in [-0.05, 0) is 19.3 Å². The summed E-state index contributed by atoms with van der Waals surface area (Å²) in [6.45, 7) is 9.17. The molecule has 1 aliphatic rings. The fourth-order valence-electron chi connectivity index (χ4n) is 2.38. The molecule has 0 aromatic carbocycles. The number of rotatable bonds is 7. The predicted octanol–water partition coefficient (Wildman–Crippen LogP) is 0.620. The van der Waals surface area contributed by atoms with Crippen LogP contribution >= 0.6 is 0 Å². The molecule has 0 saturated carbocycles. The lowest BCUT2D eigenvalue weighted by Gasteiger charge is -2.30. The Morgan fingerprint density at radius 3 is 2.47 bits per heavy atom. The fraction of sp³-hybridized carbons (Fsp3) is 0.929. The molecular formula is C14H28N2O3. The number of aliphatic hydroxyl groups excluding tert-OH is 1. The van der Waals surface area contributed by atoms with Gasteiger partial charge in [0.2, 0.25) is 5.91 Å². The Bertz CT molecular complexity index is 265. The average molecular weight is 272 g/mol. The summed E-state index contributed by atoms with van der Waals surface area (Å²) in [6.07, 6.45) is 1.24. The molecule has 2 atom stereocenters. The van der Waals surface area contributed by atoms with Gasteiger partial charge < -0.3 is 20.1 Å². The largest absolute Gasteiger partial charge is 0.396 e. The number of ether oxygens (including phenoxy) is 1. The second kappa shape index (κ2) is 8.51. The maximum absolute atomic E-state index is 12.1. The van der Waals surface area contributed by atoms with Gasteiger partial charge in [0.25, 0.3) is 0 Å². The predicted molar refractivity (Wildman–Crippen MR) is 74.9 cm³/mol. The number of carbonyl (C=O) groups is 1. The molecule has 1 aliphatic heterocycles. The number of hydrogen-bond acceptors (Lipinski definition) is 4. The summed E-state index contributed by atoms with van der Waals surface area (Å²) in [5.74, 6) is 0.642. The zero-order chi connectivity index (χ0) is 14.3. The van der Waals surface area contributed by atoms with E-state index in [9.17, 15) is 4.79 Å². The third-order valence-corrected chi connectivity index (χ3v) is 3.59. The molecule has 0 aromatic heterocycles. The molecule has 1 amide bonds. The van der Waals surface area contributed by atoms with Crippen LogP contribution in [0.25, 0.3) is 0 Å². The van der Waals surface area contributed by atoms with Crippen LogP contribution in [0.15, 0.2) is 0 Å². The highest BCUT2D eigenvalue weighted by atomic mass is 16.5. The van der Waals surface area contributed by atoms with E-state index in [4.69, 9.17) is 9.84 Å². The van der Waals surface area contributed by atoms with Crippen molar-refractivity contribution in [3.05, 3.63) is 0 Å². The van der Waals surface area contributed by atoms with Crippen molar-refractivity contribution in [2.75, 3.05) is 32.9 Å². The van der Waals surface area contributed by atoms with Gasteiger partial charge >= 0.3 is 0 Å². The van der Waals surface area contributed by atoms with Crippen molar-refractivity contribution in [1.29, 1.82) is 0 Å². The number of carbonyl (C=O) groups excluding carboxylic acids is 1.